The lowest BCUT2D eigenvalue weighted by Crippen LogP contribution is -2.14. The van der Waals surface area contributed by atoms with E-state index in [0.717, 1.165) is 14.8 Å². The summed E-state index contributed by atoms with van der Waals surface area (Å²) in [6.45, 7) is 3.12. The highest BCUT2D eigenvalue weighted by Crippen LogP contribution is 2.31. The summed E-state index contributed by atoms with van der Waals surface area (Å²) in [5, 5.41) is 2.91. The van der Waals surface area contributed by atoms with Crippen LogP contribution >= 0.6 is 22.6 Å². The third-order valence-corrected chi connectivity index (χ3v) is 4.27. The summed E-state index contributed by atoms with van der Waals surface area (Å²) in [5.41, 5.74) is 2.27. The number of halogens is 1. The van der Waals surface area contributed by atoms with Gasteiger partial charge in [0.1, 0.15) is 0 Å². The summed E-state index contributed by atoms with van der Waals surface area (Å²) in [7, 11) is 3.11. The molecule has 5 nitrogen and oxygen atoms in total. The van der Waals surface area contributed by atoms with Gasteiger partial charge in [-0.15, -0.1) is 0 Å². The molecule has 0 aliphatic rings. The number of ether oxygens (including phenoxy) is 3. The Hall–Kier alpha value is -1.80. The van der Waals surface area contributed by atoms with Crippen LogP contribution in [0.4, 0.5) is 5.69 Å². The molecule has 6 heteroatoms. The molecule has 0 spiro atoms. The number of amides is 1. The topological polar surface area (TPSA) is 56.8 Å². The molecule has 0 bridgehead atoms. The van der Waals surface area contributed by atoms with Crippen LogP contribution in [-0.2, 0) is 11.3 Å². The van der Waals surface area contributed by atoms with Crippen molar-refractivity contribution in [1.29, 1.82) is 0 Å². The molecule has 24 heavy (non-hydrogen) atoms. The smallest absolute Gasteiger partial charge is 0.256 e. The van der Waals surface area contributed by atoms with Crippen molar-refractivity contribution in [3.63, 3.8) is 0 Å². The van der Waals surface area contributed by atoms with Crippen molar-refractivity contribution in [2.75, 3.05) is 26.1 Å². The summed E-state index contributed by atoms with van der Waals surface area (Å²) in [4.78, 5) is 12.6. The highest BCUT2D eigenvalue weighted by molar-refractivity contribution is 14.1. The van der Waals surface area contributed by atoms with Crippen LogP contribution in [0.3, 0.4) is 0 Å². The summed E-state index contributed by atoms with van der Waals surface area (Å²) in [6, 6.07) is 11.1. The van der Waals surface area contributed by atoms with Gasteiger partial charge in [0.2, 0.25) is 0 Å². The van der Waals surface area contributed by atoms with Gasteiger partial charge in [0.25, 0.3) is 5.91 Å². The second kappa shape index (κ2) is 8.89. The average Bonchev–Trinajstić information content (AvgIpc) is 2.59. The van der Waals surface area contributed by atoms with Crippen LogP contribution in [0.5, 0.6) is 11.5 Å². The number of hydrogen-bond donors (Lipinski definition) is 1. The van der Waals surface area contributed by atoms with Crippen molar-refractivity contribution >= 4 is 34.2 Å². The summed E-state index contributed by atoms with van der Waals surface area (Å²) < 4.78 is 16.7. The molecular formula is C18H20INO4. The maximum absolute atomic E-state index is 12.6. The highest BCUT2D eigenvalue weighted by atomic mass is 127. The van der Waals surface area contributed by atoms with Crippen LogP contribution in [0.1, 0.15) is 22.8 Å². The van der Waals surface area contributed by atoms with E-state index in [9.17, 15) is 4.79 Å². The van der Waals surface area contributed by atoms with Crippen molar-refractivity contribution in [2.45, 2.75) is 13.5 Å². The quantitative estimate of drug-likeness (QED) is 0.658. The first kappa shape index (κ1) is 18.5. The average molecular weight is 441 g/mol. The maximum atomic E-state index is 12.6. The van der Waals surface area contributed by atoms with Gasteiger partial charge in [-0.05, 0) is 59.3 Å². The maximum Gasteiger partial charge on any atom is 0.256 e. The lowest BCUT2D eigenvalue weighted by Gasteiger charge is -2.12. The Bertz CT molecular complexity index is 718. The van der Waals surface area contributed by atoms with Gasteiger partial charge in [0.15, 0.2) is 11.5 Å². The number of benzene rings is 2. The van der Waals surface area contributed by atoms with Crippen LogP contribution in [0.25, 0.3) is 0 Å². The molecule has 0 saturated heterocycles. The molecule has 2 aromatic rings. The van der Waals surface area contributed by atoms with E-state index in [-0.39, 0.29) is 5.91 Å². The van der Waals surface area contributed by atoms with Crippen LogP contribution in [-0.4, -0.2) is 26.7 Å². The molecule has 0 heterocycles. The molecule has 2 aromatic carbocycles. The van der Waals surface area contributed by atoms with Crippen molar-refractivity contribution < 1.29 is 19.0 Å². The fraction of sp³-hybridized carbons (Fsp3) is 0.278. The number of carbonyl (C=O) groups excluding carboxylic acids is 1. The predicted octanol–water partition coefficient (Wildman–Crippen LogP) is 4.10. The van der Waals surface area contributed by atoms with E-state index in [4.69, 9.17) is 14.2 Å². The van der Waals surface area contributed by atoms with Crippen LogP contribution in [0, 0.1) is 3.57 Å². The summed E-state index contributed by atoms with van der Waals surface area (Å²) in [6.07, 6.45) is 0. The number of nitrogens with one attached hydrogen (secondary N) is 1. The minimum absolute atomic E-state index is 0.200. The summed E-state index contributed by atoms with van der Waals surface area (Å²) in [5.74, 6) is 0.916. The standard InChI is InChI=1S/C18H20INO4/c1-4-24-11-12-6-5-7-13(8-12)20-18(21)14-9-16(22-2)17(23-3)10-15(14)19/h5-10H,4,11H2,1-3H3,(H,20,21). The molecule has 1 N–H and O–H groups in total. The Balaban J connectivity index is 2.21. The Kier molecular flexibility index (Phi) is 6.86. The fourth-order valence-corrected chi connectivity index (χ4v) is 2.87. The molecule has 2 rings (SSSR count). The largest absolute Gasteiger partial charge is 0.493 e. The molecule has 0 saturated carbocycles. The van der Waals surface area contributed by atoms with Gasteiger partial charge in [-0.3, -0.25) is 4.79 Å². The highest BCUT2D eigenvalue weighted by Gasteiger charge is 2.15. The Morgan fingerprint density at radius 2 is 1.83 bits per heavy atom. The molecule has 0 aromatic heterocycles. The molecule has 1 amide bonds. The third kappa shape index (κ3) is 4.61. The van der Waals surface area contributed by atoms with E-state index >= 15 is 0 Å². The second-order valence-electron chi connectivity index (χ2n) is 4.98. The van der Waals surface area contributed by atoms with Crippen LogP contribution < -0.4 is 14.8 Å². The van der Waals surface area contributed by atoms with E-state index in [1.807, 2.05) is 31.2 Å². The SMILES string of the molecule is CCOCc1cccc(NC(=O)c2cc(OC)c(OC)cc2I)c1. The molecule has 0 aliphatic heterocycles. The van der Waals surface area contributed by atoms with E-state index in [1.54, 1.807) is 26.4 Å². The third-order valence-electron chi connectivity index (χ3n) is 3.38. The lowest BCUT2D eigenvalue weighted by atomic mass is 10.1. The monoisotopic (exact) mass is 441 g/mol. The number of rotatable bonds is 7. The Labute approximate surface area is 155 Å². The first-order chi connectivity index (χ1) is 11.6. The molecule has 0 radical (unpaired) electrons. The molecule has 0 aliphatic carbocycles. The van der Waals surface area contributed by atoms with E-state index in [1.165, 1.54) is 0 Å². The van der Waals surface area contributed by atoms with Gasteiger partial charge in [0.05, 0.1) is 26.4 Å². The Morgan fingerprint density at radius 1 is 1.12 bits per heavy atom. The van der Waals surface area contributed by atoms with Crippen molar-refractivity contribution in [3.8, 4) is 11.5 Å². The van der Waals surface area contributed by atoms with Gasteiger partial charge in [0, 0.05) is 15.9 Å². The molecule has 128 valence electrons. The van der Waals surface area contributed by atoms with E-state index < -0.39 is 0 Å². The zero-order chi connectivity index (χ0) is 17.5. The minimum Gasteiger partial charge on any atom is -0.493 e. The van der Waals surface area contributed by atoms with Gasteiger partial charge in [-0.1, -0.05) is 12.1 Å². The zero-order valence-corrected chi connectivity index (χ0v) is 16.0. The predicted molar refractivity (Wildman–Crippen MR) is 102 cm³/mol. The molecule has 0 atom stereocenters. The second-order valence-corrected chi connectivity index (χ2v) is 6.14. The number of methoxy groups -OCH3 is 2. The zero-order valence-electron chi connectivity index (χ0n) is 13.9. The van der Waals surface area contributed by atoms with Crippen LogP contribution in [0.15, 0.2) is 36.4 Å². The molecule has 0 fully saturated rings. The van der Waals surface area contributed by atoms with E-state index in [2.05, 4.69) is 27.9 Å². The van der Waals surface area contributed by atoms with Crippen molar-refractivity contribution in [3.05, 3.63) is 51.1 Å². The van der Waals surface area contributed by atoms with Crippen molar-refractivity contribution in [2.24, 2.45) is 0 Å². The van der Waals surface area contributed by atoms with Gasteiger partial charge in [-0.2, -0.15) is 0 Å². The number of carbonyl (C=O) groups is 1. The first-order valence-electron chi connectivity index (χ1n) is 7.48. The minimum atomic E-state index is -0.200. The molecular weight excluding hydrogens is 421 g/mol. The number of hydrogen-bond acceptors (Lipinski definition) is 4. The van der Waals surface area contributed by atoms with Crippen molar-refractivity contribution in [1.82, 2.24) is 0 Å². The summed E-state index contributed by atoms with van der Waals surface area (Å²) >= 11 is 2.11. The van der Waals surface area contributed by atoms with E-state index in [0.29, 0.717) is 30.3 Å². The fourth-order valence-electron chi connectivity index (χ4n) is 2.19. The van der Waals surface area contributed by atoms with Gasteiger partial charge >= 0.3 is 0 Å². The normalized spacial score (nSPS) is 10.3. The Morgan fingerprint density at radius 3 is 2.50 bits per heavy atom. The van der Waals surface area contributed by atoms with Gasteiger partial charge in [-0.25, -0.2) is 0 Å². The van der Waals surface area contributed by atoms with Gasteiger partial charge < -0.3 is 19.5 Å². The van der Waals surface area contributed by atoms with Crippen LogP contribution in [0.2, 0.25) is 0 Å². The number of anilines is 1. The molecule has 0 unspecified atom stereocenters. The lowest BCUT2D eigenvalue weighted by molar-refractivity contribution is 0.102. The first-order valence-corrected chi connectivity index (χ1v) is 8.56.